The average molecular weight is 368 g/mol. The number of nitrogens with one attached hydrogen (secondary N) is 1. The highest BCUT2D eigenvalue weighted by Crippen LogP contribution is 2.19. The Morgan fingerprint density at radius 1 is 1.12 bits per heavy atom. The van der Waals surface area contributed by atoms with E-state index in [1.165, 1.54) is 5.56 Å². The molecule has 25 heavy (non-hydrogen) atoms. The van der Waals surface area contributed by atoms with Crippen molar-refractivity contribution in [3.63, 3.8) is 0 Å². The van der Waals surface area contributed by atoms with Crippen LogP contribution in [0.15, 0.2) is 24.3 Å². The van der Waals surface area contributed by atoms with Gasteiger partial charge in [-0.1, -0.05) is 17.7 Å². The van der Waals surface area contributed by atoms with Crippen molar-refractivity contribution >= 4 is 18.3 Å². The summed E-state index contributed by atoms with van der Waals surface area (Å²) in [5.41, 5.74) is 1.26. The van der Waals surface area contributed by atoms with Gasteiger partial charge < -0.3 is 19.9 Å². The first kappa shape index (κ1) is 20.0. The second-order valence-corrected chi connectivity index (χ2v) is 6.85. The summed E-state index contributed by atoms with van der Waals surface area (Å²) in [7, 11) is 0. The van der Waals surface area contributed by atoms with Gasteiger partial charge in [0.1, 0.15) is 11.9 Å². The highest BCUT2D eigenvalue weighted by atomic mass is 35.5. The van der Waals surface area contributed by atoms with Crippen LogP contribution in [0.2, 0.25) is 0 Å². The lowest BCUT2D eigenvalue weighted by molar-refractivity contribution is -0.132. The third-order valence-electron chi connectivity index (χ3n) is 4.97. The summed E-state index contributed by atoms with van der Waals surface area (Å²) in [4.78, 5) is 16.6. The first-order valence-corrected chi connectivity index (χ1v) is 9.15. The van der Waals surface area contributed by atoms with Crippen LogP contribution in [0.25, 0.3) is 0 Å². The van der Waals surface area contributed by atoms with Crippen LogP contribution in [0, 0.1) is 6.92 Å². The van der Waals surface area contributed by atoms with E-state index < -0.39 is 0 Å². The SMILES string of the molecule is Cc1ccc(OC2CCN(CCC(=O)N3CCNCC3)CC2)cc1.Cl. The Morgan fingerprint density at radius 3 is 2.40 bits per heavy atom. The Kier molecular flexibility index (Phi) is 8.00. The van der Waals surface area contributed by atoms with Crippen molar-refractivity contribution in [2.75, 3.05) is 45.8 Å². The molecule has 0 atom stereocenters. The quantitative estimate of drug-likeness (QED) is 0.865. The molecule has 0 unspecified atom stereocenters. The second kappa shape index (κ2) is 10.00. The van der Waals surface area contributed by atoms with Crippen LogP contribution in [0.5, 0.6) is 5.75 Å². The second-order valence-electron chi connectivity index (χ2n) is 6.85. The smallest absolute Gasteiger partial charge is 0.223 e. The van der Waals surface area contributed by atoms with E-state index in [0.717, 1.165) is 64.4 Å². The van der Waals surface area contributed by atoms with Crippen LogP contribution < -0.4 is 10.1 Å². The van der Waals surface area contributed by atoms with Gasteiger partial charge in [-0.2, -0.15) is 0 Å². The first-order valence-electron chi connectivity index (χ1n) is 9.15. The van der Waals surface area contributed by atoms with Gasteiger partial charge in [0.25, 0.3) is 0 Å². The highest BCUT2D eigenvalue weighted by molar-refractivity contribution is 5.85. The minimum absolute atomic E-state index is 0. The van der Waals surface area contributed by atoms with Gasteiger partial charge in [-0.15, -0.1) is 12.4 Å². The van der Waals surface area contributed by atoms with Gasteiger partial charge in [-0.25, -0.2) is 0 Å². The summed E-state index contributed by atoms with van der Waals surface area (Å²) in [6.07, 6.45) is 3.02. The average Bonchev–Trinajstić information content (AvgIpc) is 2.63. The molecule has 140 valence electrons. The van der Waals surface area contributed by atoms with E-state index in [1.807, 2.05) is 17.0 Å². The molecule has 2 aliphatic heterocycles. The Bertz CT molecular complexity index is 524. The number of rotatable bonds is 5. The van der Waals surface area contributed by atoms with Crippen LogP contribution in [0.3, 0.4) is 0 Å². The zero-order valence-electron chi connectivity index (χ0n) is 15.1. The topological polar surface area (TPSA) is 44.8 Å². The van der Waals surface area contributed by atoms with Gasteiger partial charge in [0.15, 0.2) is 0 Å². The molecule has 5 nitrogen and oxygen atoms in total. The number of hydrogen-bond donors (Lipinski definition) is 1. The predicted molar refractivity (Wildman–Crippen MR) is 103 cm³/mol. The van der Waals surface area contributed by atoms with E-state index in [4.69, 9.17) is 4.74 Å². The normalized spacial score (nSPS) is 19.3. The van der Waals surface area contributed by atoms with E-state index >= 15 is 0 Å². The molecular formula is C19H30ClN3O2. The summed E-state index contributed by atoms with van der Waals surface area (Å²) in [6, 6.07) is 8.28. The number of benzene rings is 1. The number of halogens is 1. The first-order chi connectivity index (χ1) is 11.7. The lowest BCUT2D eigenvalue weighted by Crippen LogP contribution is -2.47. The maximum Gasteiger partial charge on any atom is 0.223 e. The van der Waals surface area contributed by atoms with E-state index in [-0.39, 0.29) is 12.4 Å². The molecule has 0 spiro atoms. The molecule has 3 rings (SSSR count). The van der Waals surface area contributed by atoms with Crippen LogP contribution in [-0.2, 0) is 4.79 Å². The van der Waals surface area contributed by atoms with Crippen molar-refractivity contribution in [1.82, 2.24) is 15.1 Å². The van der Waals surface area contributed by atoms with Gasteiger partial charge in [0.2, 0.25) is 5.91 Å². The zero-order chi connectivity index (χ0) is 16.8. The minimum atomic E-state index is 0. The van der Waals surface area contributed by atoms with Gasteiger partial charge in [-0.3, -0.25) is 4.79 Å². The van der Waals surface area contributed by atoms with Crippen molar-refractivity contribution in [3.05, 3.63) is 29.8 Å². The Balaban J connectivity index is 0.00000225. The maximum absolute atomic E-state index is 12.2. The fraction of sp³-hybridized carbons (Fsp3) is 0.632. The van der Waals surface area contributed by atoms with Gasteiger partial charge in [0.05, 0.1) is 0 Å². The fourth-order valence-electron chi connectivity index (χ4n) is 3.39. The summed E-state index contributed by atoms with van der Waals surface area (Å²) in [5, 5.41) is 3.28. The number of aryl methyl sites for hydroxylation is 1. The minimum Gasteiger partial charge on any atom is -0.490 e. The molecule has 0 saturated carbocycles. The van der Waals surface area contributed by atoms with Gasteiger partial charge in [0, 0.05) is 52.2 Å². The number of piperazine rings is 1. The predicted octanol–water partition coefficient (Wildman–Crippen LogP) is 2.08. The van der Waals surface area contributed by atoms with E-state index in [0.29, 0.717) is 18.4 Å². The molecule has 1 amide bonds. The number of hydrogen-bond acceptors (Lipinski definition) is 4. The zero-order valence-corrected chi connectivity index (χ0v) is 15.9. The van der Waals surface area contributed by atoms with Crippen molar-refractivity contribution in [3.8, 4) is 5.75 Å². The van der Waals surface area contributed by atoms with Gasteiger partial charge >= 0.3 is 0 Å². The van der Waals surface area contributed by atoms with E-state index in [2.05, 4.69) is 29.3 Å². The van der Waals surface area contributed by atoms with Gasteiger partial charge in [-0.05, 0) is 31.9 Å². The molecule has 0 aromatic heterocycles. The lowest BCUT2D eigenvalue weighted by Gasteiger charge is -2.33. The third kappa shape index (κ3) is 6.17. The summed E-state index contributed by atoms with van der Waals surface area (Å²) < 4.78 is 6.07. The summed E-state index contributed by atoms with van der Waals surface area (Å²) in [5.74, 6) is 1.27. The van der Waals surface area contributed by atoms with Crippen LogP contribution in [0.4, 0.5) is 0 Å². The largest absolute Gasteiger partial charge is 0.490 e. The van der Waals surface area contributed by atoms with Crippen molar-refractivity contribution < 1.29 is 9.53 Å². The number of nitrogens with zero attached hydrogens (tertiary/aromatic N) is 2. The highest BCUT2D eigenvalue weighted by Gasteiger charge is 2.22. The number of piperidine rings is 1. The number of amides is 1. The lowest BCUT2D eigenvalue weighted by atomic mass is 10.1. The number of likely N-dealkylation sites (tertiary alicyclic amines) is 1. The number of carbonyl (C=O) groups excluding carboxylic acids is 1. The fourth-order valence-corrected chi connectivity index (χ4v) is 3.39. The number of carbonyl (C=O) groups is 1. The molecule has 0 radical (unpaired) electrons. The Labute approximate surface area is 157 Å². The van der Waals surface area contributed by atoms with Crippen molar-refractivity contribution in [2.45, 2.75) is 32.3 Å². The van der Waals surface area contributed by atoms with E-state index in [9.17, 15) is 4.79 Å². The van der Waals surface area contributed by atoms with Crippen LogP contribution in [-0.4, -0.2) is 67.6 Å². The standard InChI is InChI=1S/C19H29N3O2.ClH/c1-16-2-4-17(5-3-16)24-18-6-11-21(12-7-18)13-8-19(23)22-14-9-20-10-15-22;/h2-5,18,20H,6-15H2,1H3;1H. The Morgan fingerprint density at radius 2 is 1.76 bits per heavy atom. The van der Waals surface area contributed by atoms with Crippen molar-refractivity contribution in [1.29, 1.82) is 0 Å². The molecule has 0 aliphatic carbocycles. The molecule has 6 heteroatoms. The summed E-state index contributed by atoms with van der Waals surface area (Å²) in [6.45, 7) is 8.55. The molecule has 2 aliphatic rings. The molecule has 2 fully saturated rings. The molecule has 1 aromatic rings. The summed E-state index contributed by atoms with van der Waals surface area (Å²) >= 11 is 0. The molecule has 0 bridgehead atoms. The van der Waals surface area contributed by atoms with Crippen molar-refractivity contribution in [2.24, 2.45) is 0 Å². The molecule has 1 N–H and O–H groups in total. The van der Waals surface area contributed by atoms with E-state index in [1.54, 1.807) is 0 Å². The molecule has 2 heterocycles. The van der Waals surface area contributed by atoms with Crippen LogP contribution >= 0.6 is 12.4 Å². The Hall–Kier alpha value is -1.30. The number of ether oxygens (including phenoxy) is 1. The van der Waals surface area contributed by atoms with Crippen LogP contribution in [0.1, 0.15) is 24.8 Å². The molecule has 1 aromatic carbocycles. The molecular weight excluding hydrogens is 338 g/mol. The third-order valence-corrected chi connectivity index (χ3v) is 4.97. The monoisotopic (exact) mass is 367 g/mol. The molecule has 2 saturated heterocycles. The maximum atomic E-state index is 12.2.